The predicted octanol–water partition coefficient (Wildman–Crippen LogP) is 3.15. The molecule has 0 aliphatic rings. The lowest BCUT2D eigenvalue weighted by atomic mass is 10.1. The fraction of sp³-hybridized carbons (Fsp3) is 0.286. The summed E-state index contributed by atoms with van der Waals surface area (Å²) in [7, 11) is 0. The Morgan fingerprint density at radius 1 is 1.37 bits per heavy atom. The van der Waals surface area contributed by atoms with E-state index in [1.807, 2.05) is 35.9 Å². The smallest absolute Gasteiger partial charge is 0.128 e. The van der Waals surface area contributed by atoms with Crippen molar-refractivity contribution in [3.63, 3.8) is 0 Å². The maximum Gasteiger partial charge on any atom is 0.128 e. The highest BCUT2D eigenvalue weighted by atomic mass is 32.1. The molecule has 0 saturated carbocycles. The molecule has 0 unspecified atom stereocenters. The lowest BCUT2D eigenvalue weighted by Gasteiger charge is -2.14. The van der Waals surface area contributed by atoms with Gasteiger partial charge in [0.05, 0.1) is 6.20 Å². The molecular formula is C14H18N4S. The monoisotopic (exact) mass is 274 g/mol. The van der Waals surface area contributed by atoms with E-state index in [1.54, 1.807) is 6.20 Å². The zero-order valence-corrected chi connectivity index (χ0v) is 12.2. The first kappa shape index (κ1) is 13.5. The molecule has 0 bridgehead atoms. The number of nitrogens with two attached hydrogens (primary N) is 1. The van der Waals surface area contributed by atoms with E-state index in [0.29, 0.717) is 11.0 Å². The number of aromatic nitrogens is 2. The number of aryl methyl sites for hydroxylation is 1. The van der Waals surface area contributed by atoms with Crippen LogP contribution in [0.3, 0.4) is 0 Å². The average molecular weight is 274 g/mol. The van der Waals surface area contributed by atoms with Gasteiger partial charge >= 0.3 is 0 Å². The molecular weight excluding hydrogens is 256 g/mol. The van der Waals surface area contributed by atoms with Crippen LogP contribution in [0.15, 0.2) is 30.5 Å². The van der Waals surface area contributed by atoms with Crippen molar-refractivity contribution in [2.75, 3.05) is 5.32 Å². The van der Waals surface area contributed by atoms with E-state index in [2.05, 4.69) is 24.3 Å². The molecule has 0 saturated heterocycles. The molecule has 19 heavy (non-hydrogen) atoms. The summed E-state index contributed by atoms with van der Waals surface area (Å²) in [5, 5.41) is 7.69. The minimum Gasteiger partial charge on any atom is -0.389 e. The molecule has 0 radical (unpaired) electrons. The first-order chi connectivity index (χ1) is 8.99. The molecule has 1 heterocycles. The Kier molecular flexibility index (Phi) is 3.85. The van der Waals surface area contributed by atoms with Gasteiger partial charge in [-0.2, -0.15) is 5.10 Å². The first-order valence-electron chi connectivity index (χ1n) is 6.20. The second-order valence-electron chi connectivity index (χ2n) is 4.77. The summed E-state index contributed by atoms with van der Waals surface area (Å²) < 4.78 is 1.95. The van der Waals surface area contributed by atoms with Crippen molar-refractivity contribution in [2.45, 2.75) is 26.8 Å². The van der Waals surface area contributed by atoms with E-state index in [1.165, 1.54) is 0 Å². The molecule has 0 amide bonds. The molecule has 0 aliphatic heterocycles. The minimum absolute atomic E-state index is 0.314. The third-order valence-electron chi connectivity index (χ3n) is 2.93. The van der Waals surface area contributed by atoms with Crippen LogP contribution in [0, 0.1) is 6.92 Å². The normalized spacial score (nSPS) is 10.7. The van der Waals surface area contributed by atoms with E-state index in [9.17, 15) is 0 Å². The Balaban J connectivity index is 2.28. The molecule has 0 atom stereocenters. The third-order valence-corrected chi connectivity index (χ3v) is 3.17. The lowest BCUT2D eigenvalue weighted by molar-refractivity contribution is 0.540. The van der Waals surface area contributed by atoms with Crippen LogP contribution in [-0.4, -0.2) is 14.8 Å². The van der Waals surface area contributed by atoms with Crippen molar-refractivity contribution in [1.29, 1.82) is 0 Å². The Hall–Kier alpha value is -1.88. The van der Waals surface area contributed by atoms with Gasteiger partial charge in [-0.25, -0.2) is 4.68 Å². The quantitative estimate of drug-likeness (QED) is 0.841. The Morgan fingerprint density at radius 2 is 2.11 bits per heavy atom. The molecule has 3 N–H and O–H groups in total. The molecule has 4 nitrogen and oxygen atoms in total. The minimum atomic E-state index is 0.314. The van der Waals surface area contributed by atoms with Crippen molar-refractivity contribution in [1.82, 2.24) is 9.78 Å². The maximum absolute atomic E-state index is 5.63. The van der Waals surface area contributed by atoms with Crippen molar-refractivity contribution in [2.24, 2.45) is 5.73 Å². The fourth-order valence-electron chi connectivity index (χ4n) is 1.92. The van der Waals surface area contributed by atoms with Crippen molar-refractivity contribution in [3.05, 3.63) is 41.6 Å². The van der Waals surface area contributed by atoms with Crippen molar-refractivity contribution in [3.8, 4) is 0 Å². The number of thiocarbonyl (C=S) groups is 1. The lowest BCUT2D eigenvalue weighted by Crippen LogP contribution is -2.10. The van der Waals surface area contributed by atoms with Crippen molar-refractivity contribution >= 4 is 28.7 Å². The van der Waals surface area contributed by atoms with Crippen LogP contribution in [0.4, 0.5) is 11.5 Å². The number of benzene rings is 1. The van der Waals surface area contributed by atoms with E-state index in [-0.39, 0.29) is 0 Å². The molecule has 1 aromatic carbocycles. The summed E-state index contributed by atoms with van der Waals surface area (Å²) in [5.74, 6) is 0.973. The molecule has 100 valence electrons. The van der Waals surface area contributed by atoms with Gasteiger partial charge in [0.1, 0.15) is 10.8 Å². The highest BCUT2D eigenvalue weighted by molar-refractivity contribution is 7.80. The Bertz CT molecular complexity index is 601. The largest absolute Gasteiger partial charge is 0.389 e. The summed E-state index contributed by atoms with van der Waals surface area (Å²) >= 11 is 4.98. The van der Waals surface area contributed by atoms with Crippen LogP contribution in [0.2, 0.25) is 0 Å². The van der Waals surface area contributed by atoms with Gasteiger partial charge in [-0.15, -0.1) is 0 Å². The Morgan fingerprint density at radius 3 is 2.68 bits per heavy atom. The van der Waals surface area contributed by atoms with Crippen LogP contribution >= 0.6 is 12.2 Å². The first-order valence-corrected chi connectivity index (χ1v) is 6.61. The van der Waals surface area contributed by atoms with Gasteiger partial charge in [0.25, 0.3) is 0 Å². The molecule has 1 aromatic heterocycles. The fourth-order valence-corrected chi connectivity index (χ4v) is 2.05. The number of hydrogen-bond donors (Lipinski definition) is 2. The predicted molar refractivity (Wildman–Crippen MR) is 83.0 cm³/mol. The standard InChI is InChI=1S/C14H18N4S/c1-9(2)18-13(6-7-16-18)17-12-5-4-11(14(15)19)8-10(12)3/h4-9,17H,1-3H3,(H2,15,19). The van der Waals surface area contributed by atoms with E-state index in [0.717, 1.165) is 22.6 Å². The summed E-state index contributed by atoms with van der Waals surface area (Å²) in [5.41, 5.74) is 8.64. The van der Waals surface area contributed by atoms with Crippen LogP contribution in [0.1, 0.15) is 31.0 Å². The van der Waals surface area contributed by atoms with Gasteiger partial charge in [0.2, 0.25) is 0 Å². The highest BCUT2D eigenvalue weighted by Gasteiger charge is 2.08. The number of rotatable bonds is 4. The van der Waals surface area contributed by atoms with Gasteiger partial charge < -0.3 is 11.1 Å². The molecule has 0 fully saturated rings. The summed E-state index contributed by atoms with van der Waals surface area (Å²) in [4.78, 5) is 0.418. The highest BCUT2D eigenvalue weighted by Crippen LogP contribution is 2.23. The van der Waals surface area contributed by atoms with Gasteiger partial charge in [-0.05, 0) is 44.5 Å². The second kappa shape index (κ2) is 5.40. The number of nitrogens with one attached hydrogen (secondary N) is 1. The number of nitrogens with zero attached hydrogens (tertiary/aromatic N) is 2. The van der Waals surface area contributed by atoms with E-state index in [4.69, 9.17) is 18.0 Å². The molecule has 0 aliphatic carbocycles. The van der Waals surface area contributed by atoms with Crippen LogP contribution < -0.4 is 11.1 Å². The number of hydrogen-bond acceptors (Lipinski definition) is 3. The average Bonchev–Trinajstić information content (AvgIpc) is 2.79. The maximum atomic E-state index is 5.63. The molecule has 2 aromatic rings. The van der Waals surface area contributed by atoms with Gasteiger partial charge in [0.15, 0.2) is 0 Å². The Labute approximate surface area is 118 Å². The zero-order valence-electron chi connectivity index (χ0n) is 11.3. The van der Waals surface area contributed by atoms with E-state index < -0.39 is 0 Å². The van der Waals surface area contributed by atoms with E-state index >= 15 is 0 Å². The third kappa shape index (κ3) is 2.93. The van der Waals surface area contributed by atoms with Crippen molar-refractivity contribution < 1.29 is 0 Å². The summed E-state index contributed by atoms with van der Waals surface area (Å²) in [6, 6.07) is 8.17. The molecule has 5 heteroatoms. The van der Waals surface area contributed by atoms with Gasteiger partial charge in [-0.3, -0.25) is 0 Å². The number of anilines is 2. The van der Waals surface area contributed by atoms with Crippen LogP contribution in [-0.2, 0) is 0 Å². The molecule has 0 spiro atoms. The SMILES string of the molecule is Cc1cc(C(N)=S)ccc1Nc1ccnn1C(C)C. The van der Waals surface area contributed by atoms with Gasteiger partial charge in [0, 0.05) is 23.4 Å². The second-order valence-corrected chi connectivity index (χ2v) is 5.21. The topological polar surface area (TPSA) is 55.9 Å². The summed E-state index contributed by atoms with van der Waals surface area (Å²) in [6.45, 7) is 6.22. The van der Waals surface area contributed by atoms with Crippen LogP contribution in [0.5, 0.6) is 0 Å². The molecule has 2 rings (SSSR count). The summed E-state index contributed by atoms with van der Waals surface area (Å²) in [6.07, 6.45) is 1.79. The van der Waals surface area contributed by atoms with Gasteiger partial charge in [-0.1, -0.05) is 12.2 Å². The zero-order chi connectivity index (χ0) is 14.0. The van der Waals surface area contributed by atoms with Crippen LogP contribution in [0.25, 0.3) is 0 Å².